The zero-order chi connectivity index (χ0) is 44.8. The summed E-state index contributed by atoms with van der Waals surface area (Å²) in [6.45, 7) is 42.0. The van der Waals surface area contributed by atoms with E-state index in [1.165, 1.54) is 60.8 Å². The molecule has 0 aromatic rings. The molecule has 0 N–H and O–H groups in total. The summed E-state index contributed by atoms with van der Waals surface area (Å²) in [5.74, 6) is 1.59. The maximum atomic E-state index is 6.30. The highest BCUT2D eigenvalue weighted by atomic mass is 28.5. The maximum Gasteiger partial charge on any atom is 0.307 e. The van der Waals surface area contributed by atoms with Gasteiger partial charge < -0.3 is 51.2 Å². The Morgan fingerprint density at radius 3 is 0.851 bits per heavy atom. The average Bonchev–Trinajstić information content (AvgIpc) is 3.10. The van der Waals surface area contributed by atoms with Gasteiger partial charge >= 0.3 is 55.7 Å². The van der Waals surface area contributed by atoms with Crippen LogP contribution in [-0.4, -0.2) is 145 Å². The van der Waals surface area contributed by atoms with Crippen LogP contribution in [0.3, 0.4) is 0 Å². The second-order valence-corrected chi connectivity index (χ2v) is 58.8. The minimum absolute atomic E-state index is 0. The van der Waals surface area contributed by atoms with Gasteiger partial charge in [0, 0.05) is 39.6 Å². The molecule has 468 valence electrons. The Bertz CT molecular complexity index is 1230. The van der Waals surface area contributed by atoms with Crippen LogP contribution in [0.4, 0.5) is 0 Å². The van der Waals surface area contributed by atoms with Crippen molar-refractivity contribution < 1.29 is 51.2 Å². The van der Waals surface area contributed by atoms with E-state index in [1.54, 1.807) is 0 Å². The highest BCUT2D eigenvalue weighted by molar-refractivity contribution is 6.94. The van der Waals surface area contributed by atoms with Gasteiger partial charge in [-0.15, -0.1) is 0 Å². The molecule has 6 aliphatic heterocycles. The van der Waals surface area contributed by atoms with Gasteiger partial charge in [-0.2, -0.15) is 0 Å². The van der Waals surface area contributed by atoms with Crippen molar-refractivity contribution in [2.75, 3.05) is 39.6 Å². The van der Waals surface area contributed by atoms with E-state index >= 15 is 0 Å². The van der Waals surface area contributed by atoms with Crippen molar-refractivity contribution in [3.63, 3.8) is 0 Å². The largest absolute Gasteiger partial charge is 0.438 e. The first-order chi connectivity index (χ1) is 27.9. The molecule has 0 amide bonds. The topological polar surface area (TPSA) is 111 Å². The van der Waals surface area contributed by atoms with Crippen LogP contribution in [0.25, 0.3) is 0 Å². The molecule has 0 spiro atoms. The van der Waals surface area contributed by atoms with Crippen molar-refractivity contribution in [1.82, 2.24) is 0 Å². The third-order valence-electron chi connectivity index (χ3n) is 12.9. The predicted molar refractivity (Wildman–Crippen MR) is 371 cm³/mol. The molecule has 6 fully saturated rings. The van der Waals surface area contributed by atoms with Gasteiger partial charge in [-0.3, -0.25) is 0 Å². The predicted octanol–water partition coefficient (Wildman–Crippen LogP) is 16.9. The van der Waals surface area contributed by atoms with Crippen molar-refractivity contribution in [3.8, 4) is 0 Å². The van der Waals surface area contributed by atoms with Crippen molar-refractivity contribution >= 4 is 106 Å². The Labute approximate surface area is 487 Å². The molecular weight excluding hydrogens is 1130 g/mol. The molecule has 13 atom stereocenters. The molecule has 0 aromatic heterocycles. The van der Waals surface area contributed by atoms with E-state index in [9.17, 15) is 0 Å². The average molecular weight is 1280 g/mol. The number of hydrogen-bond acceptors (Lipinski definition) is 12. The van der Waals surface area contributed by atoms with Crippen LogP contribution in [0.15, 0.2) is 0 Å². The van der Waals surface area contributed by atoms with Crippen molar-refractivity contribution in [1.29, 1.82) is 0 Å². The lowest BCUT2D eigenvalue weighted by atomic mass is 10.2. The van der Waals surface area contributed by atoms with Crippen LogP contribution in [0.2, 0.25) is 145 Å². The summed E-state index contributed by atoms with van der Waals surface area (Å²) in [7, 11) is -16.3. The molecule has 6 heterocycles. The SMILES string of the molecule is C.C.C.C.C.C.C.C.C.C.C.C.C.C.CC(CC[Si]1(C)CCO[SiH](C)O1)C[Si]1(C)CCO[SiH](C)O1.CCC(C)C[Si]1(C)CCO[SiH](C)O1.C[SiH]1OCC[Si](C)(C)O1.C[SiH]1OCC[Si](C)(C[Si]2(C)CCO[SiH](C)O2)O1. The van der Waals surface area contributed by atoms with E-state index in [0.717, 1.165) is 63.6 Å². The molecule has 0 aromatic carbocycles. The highest BCUT2D eigenvalue weighted by Crippen LogP contribution is 2.35. The van der Waals surface area contributed by atoms with Crippen LogP contribution in [-0.2, 0) is 51.2 Å². The van der Waals surface area contributed by atoms with E-state index < -0.39 is 106 Å². The first-order valence-electron chi connectivity index (χ1n) is 23.6. The normalized spacial score (nSPS) is 33.9. The summed E-state index contributed by atoms with van der Waals surface area (Å²) in [5, 5.41) is 0. The van der Waals surface area contributed by atoms with Gasteiger partial charge in [-0.05, 0) is 157 Å². The maximum absolute atomic E-state index is 6.30. The van der Waals surface area contributed by atoms with Gasteiger partial charge in [0.25, 0.3) is 0 Å². The summed E-state index contributed by atoms with van der Waals surface area (Å²) in [6.07, 6.45) is 2.58. The van der Waals surface area contributed by atoms with E-state index in [1.807, 2.05) is 0 Å². The molecule has 0 aliphatic carbocycles. The standard InChI is InChI=1S/C13H32O4Si4.C9H24O4Si4.C9H22O2Si2.C5H14O2Si2.14CH4/c1-13(12-21(5)11-8-15-19(3)17-21)6-9-20(4)10-7-14-18(2)16-20;1-14-10-5-7-16(3,12-14)9-17(4)8-6-11-15(2)13-17;1-5-9(2)8-13(4)7-6-10-12(3)11-13;1-8-6-4-5-9(2,3)7-8;;;;;;;;;;;;;;/h13,18-19H,6-12H2,1-5H3;14-15H,5-9H2,1-4H3;9,12H,5-8H2,1-4H3;8H,4-5H2,1-3H3;14*1H4. The monoisotopic (exact) mass is 1280 g/mol. The Kier molecular flexibility index (Phi) is 68.7. The molecule has 6 saturated heterocycles. The Hall–Kier alpha value is 2.12. The number of hydrogen-bond donors (Lipinski definition) is 0. The second-order valence-electron chi connectivity index (χ2n) is 20.6. The second kappa shape index (κ2) is 48.6. The van der Waals surface area contributed by atoms with Gasteiger partial charge in [0.1, 0.15) is 0 Å². The molecule has 0 radical (unpaired) electrons. The Morgan fingerprint density at radius 1 is 0.338 bits per heavy atom. The molecule has 6 aliphatic rings. The highest BCUT2D eigenvalue weighted by Gasteiger charge is 2.46. The summed E-state index contributed by atoms with van der Waals surface area (Å²) < 4.78 is 70.4. The molecule has 12 nitrogen and oxygen atoms in total. The van der Waals surface area contributed by atoms with Crippen LogP contribution in [0.5, 0.6) is 0 Å². The first kappa shape index (κ1) is 104. The molecule has 0 bridgehead atoms. The van der Waals surface area contributed by atoms with Gasteiger partial charge in [0.2, 0.25) is 0 Å². The van der Waals surface area contributed by atoms with Gasteiger partial charge in [0.15, 0.2) is 49.9 Å². The first-order valence-corrected chi connectivity index (χ1v) is 53.4. The third kappa shape index (κ3) is 41.2. The van der Waals surface area contributed by atoms with Crippen LogP contribution >= 0.6 is 0 Å². The van der Waals surface area contributed by atoms with Gasteiger partial charge in [-0.1, -0.05) is 138 Å². The zero-order valence-electron chi connectivity index (χ0n) is 41.2. The van der Waals surface area contributed by atoms with E-state index in [2.05, 4.69) is 106 Å². The molecular formula is C50H148O12Si12. The van der Waals surface area contributed by atoms with E-state index in [4.69, 9.17) is 51.2 Å². The van der Waals surface area contributed by atoms with Gasteiger partial charge in [0.05, 0.1) is 0 Å². The molecule has 74 heavy (non-hydrogen) atoms. The van der Waals surface area contributed by atoms with Crippen molar-refractivity contribution in [3.05, 3.63) is 0 Å². The summed E-state index contributed by atoms with van der Waals surface area (Å²) in [4.78, 5) is 0. The smallest absolute Gasteiger partial charge is 0.307 e. The lowest BCUT2D eigenvalue weighted by Gasteiger charge is -2.43. The Morgan fingerprint density at radius 2 is 0.581 bits per heavy atom. The molecule has 24 heteroatoms. The summed E-state index contributed by atoms with van der Waals surface area (Å²) in [6, 6.07) is 10.9. The van der Waals surface area contributed by atoms with E-state index in [0.29, 0.717) is 0 Å². The van der Waals surface area contributed by atoms with Crippen LogP contribution in [0, 0.1) is 11.8 Å². The van der Waals surface area contributed by atoms with Crippen molar-refractivity contribution in [2.24, 2.45) is 11.8 Å². The van der Waals surface area contributed by atoms with E-state index in [-0.39, 0.29) is 104 Å². The summed E-state index contributed by atoms with van der Waals surface area (Å²) >= 11 is 0. The molecule has 13 unspecified atom stereocenters. The minimum Gasteiger partial charge on any atom is -0.438 e. The van der Waals surface area contributed by atoms with Crippen LogP contribution in [0.1, 0.15) is 138 Å². The zero-order valence-corrected chi connectivity index (χ0v) is 54.2. The third-order valence-corrected chi connectivity index (χ3v) is 57.2. The molecule has 0 saturated carbocycles. The fourth-order valence-electron chi connectivity index (χ4n) is 9.49. The number of rotatable bonds is 10. The quantitative estimate of drug-likeness (QED) is 0.194. The summed E-state index contributed by atoms with van der Waals surface area (Å²) in [5.41, 5.74) is 1.24. The fourth-order valence-corrected chi connectivity index (χ4v) is 57.4. The minimum atomic E-state index is -1.55. The fraction of sp³-hybridized carbons (Fsp3) is 1.00. The Balaban J connectivity index is -0.0000000671. The lowest BCUT2D eigenvalue weighted by Crippen LogP contribution is -2.56. The molecule has 6 rings (SSSR count). The van der Waals surface area contributed by atoms with Crippen molar-refractivity contribution in [2.45, 2.75) is 283 Å². The van der Waals surface area contributed by atoms with Gasteiger partial charge in [-0.25, -0.2) is 0 Å². The lowest BCUT2D eigenvalue weighted by molar-refractivity contribution is 0.245. The van der Waals surface area contributed by atoms with Crippen LogP contribution < -0.4 is 0 Å².